The van der Waals surface area contributed by atoms with Crippen molar-refractivity contribution < 1.29 is 4.79 Å². The van der Waals surface area contributed by atoms with E-state index >= 15 is 0 Å². The average molecular weight is 240 g/mol. The molecule has 3 nitrogen and oxygen atoms in total. The molecule has 1 aliphatic rings. The van der Waals surface area contributed by atoms with Crippen LogP contribution in [0.5, 0.6) is 0 Å². The second-order valence-corrected chi connectivity index (χ2v) is 5.39. The van der Waals surface area contributed by atoms with Gasteiger partial charge in [0.15, 0.2) is 0 Å². The van der Waals surface area contributed by atoms with E-state index in [2.05, 4.69) is 31.4 Å². The maximum Gasteiger partial charge on any atom is 0.237 e. The van der Waals surface area contributed by atoms with Crippen molar-refractivity contribution in [2.75, 3.05) is 0 Å². The topological polar surface area (TPSA) is 41.1 Å². The molecule has 0 heterocycles. The highest BCUT2D eigenvalue weighted by atomic mass is 16.2. The van der Waals surface area contributed by atoms with Gasteiger partial charge in [-0.15, -0.1) is 0 Å². The van der Waals surface area contributed by atoms with Crippen LogP contribution in [0.1, 0.15) is 59.8 Å². The fourth-order valence-corrected chi connectivity index (χ4v) is 2.36. The van der Waals surface area contributed by atoms with Gasteiger partial charge in [-0.3, -0.25) is 4.79 Å². The van der Waals surface area contributed by atoms with E-state index in [0.29, 0.717) is 12.1 Å². The summed E-state index contributed by atoms with van der Waals surface area (Å²) in [5.74, 6) is 0.920. The first-order chi connectivity index (χ1) is 8.08. The van der Waals surface area contributed by atoms with E-state index in [4.69, 9.17) is 0 Å². The summed E-state index contributed by atoms with van der Waals surface area (Å²) in [6.07, 6.45) is 6.00. The molecule has 2 unspecified atom stereocenters. The van der Waals surface area contributed by atoms with Gasteiger partial charge >= 0.3 is 0 Å². The van der Waals surface area contributed by atoms with E-state index < -0.39 is 0 Å². The number of amides is 1. The van der Waals surface area contributed by atoms with Gasteiger partial charge in [0.25, 0.3) is 0 Å². The molecule has 0 bridgehead atoms. The lowest BCUT2D eigenvalue weighted by atomic mass is 9.80. The number of nitrogens with one attached hydrogen (secondary N) is 2. The highest BCUT2D eigenvalue weighted by Gasteiger charge is 2.26. The van der Waals surface area contributed by atoms with Crippen LogP contribution in [0.2, 0.25) is 0 Å². The van der Waals surface area contributed by atoms with Gasteiger partial charge in [-0.2, -0.15) is 0 Å². The summed E-state index contributed by atoms with van der Waals surface area (Å²) < 4.78 is 0. The second kappa shape index (κ2) is 7.00. The van der Waals surface area contributed by atoms with Gasteiger partial charge in [0.1, 0.15) is 0 Å². The van der Waals surface area contributed by atoms with Crippen LogP contribution < -0.4 is 10.6 Å². The molecule has 0 saturated heterocycles. The molecule has 17 heavy (non-hydrogen) atoms. The van der Waals surface area contributed by atoms with Gasteiger partial charge in [-0.1, -0.05) is 20.3 Å². The van der Waals surface area contributed by atoms with Crippen LogP contribution in [-0.2, 0) is 4.79 Å². The van der Waals surface area contributed by atoms with E-state index in [-0.39, 0.29) is 11.9 Å². The zero-order valence-electron chi connectivity index (χ0n) is 11.8. The quantitative estimate of drug-likeness (QED) is 0.717. The van der Waals surface area contributed by atoms with E-state index in [0.717, 1.165) is 18.8 Å². The fourth-order valence-electron chi connectivity index (χ4n) is 2.36. The predicted molar refractivity (Wildman–Crippen MR) is 71.9 cm³/mol. The van der Waals surface area contributed by atoms with Crippen molar-refractivity contribution in [3.8, 4) is 0 Å². The summed E-state index contributed by atoms with van der Waals surface area (Å²) >= 11 is 0. The average Bonchev–Trinajstić information content (AvgIpc) is 2.22. The van der Waals surface area contributed by atoms with E-state index in [9.17, 15) is 4.79 Å². The van der Waals surface area contributed by atoms with Gasteiger partial charge in [-0.25, -0.2) is 0 Å². The van der Waals surface area contributed by atoms with Crippen molar-refractivity contribution >= 4 is 5.91 Å². The molecule has 0 aromatic heterocycles. The highest BCUT2D eigenvalue weighted by molar-refractivity contribution is 5.81. The van der Waals surface area contributed by atoms with Crippen molar-refractivity contribution in [1.29, 1.82) is 0 Å². The normalized spacial score (nSPS) is 19.8. The maximum absolute atomic E-state index is 12.0. The Hall–Kier alpha value is -0.570. The molecule has 1 rings (SSSR count). The van der Waals surface area contributed by atoms with Crippen LogP contribution in [-0.4, -0.2) is 24.0 Å². The standard InChI is InChI=1S/C14H28N2O/c1-5-13(6-2)16-14(17)11(4)15-10(3)12-8-7-9-12/h10-13,15H,5-9H2,1-4H3,(H,16,17). The molecule has 2 atom stereocenters. The SMILES string of the molecule is CCC(CC)NC(=O)C(C)NC(C)C1CCC1. The number of hydrogen-bond donors (Lipinski definition) is 2. The number of carbonyl (C=O) groups excluding carboxylic acids is 1. The molecule has 2 N–H and O–H groups in total. The molecule has 0 aromatic carbocycles. The molecule has 0 radical (unpaired) electrons. The third-order valence-corrected chi connectivity index (χ3v) is 4.10. The molecule has 0 spiro atoms. The molecule has 0 aromatic rings. The van der Waals surface area contributed by atoms with Crippen LogP contribution in [0, 0.1) is 5.92 Å². The first-order valence-corrected chi connectivity index (χ1v) is 7.14. The Kier molecular flexibility index (Phi) is 5.96. The molecular weight excluding hydrogens is 212 g/mol. The van der Waals surface area contributed by atoms with Crippen molar-refractivity contribution in [2.45, 2.75) is 77.9 Å². The maximum atomic E-state index is 12.0. The minimum atomic E-state index is -0.0776. The van der Waals surface area contributed by atoms with Crippen molar-refractivity contribution in [1.82, 2.24) is 10.6 Å². The smallest absolute Gasteiger partial charge is 0.237 e. The zero-order valence-corrected chi connectivity index (χ0v) is 11.8. The van der Waals surface area contributed by atoms with E-state index in [1.54, 1.807) is 0 Å². The summed E-state index contributed by atoms with van der Waals surface area (Å²) in [7, 11) is 0. The monoisotopic (exact) mass is 240 g/mol. The van der Waals surface area contributed by atoms with Gasteiger partial charge in [0.05, 0.1) is 6.04 Å². The Bertz CT molecular complexity index is 234. The third-order valence-electron chi connectivity index (χ3n) is 4.10. The second-order valence-electron chi connectivity index (χ2n) is 5.39. The summed E-state index contributed by atoms with van der Waals surface area (Å²) in [5, 5.41) is 6.52. The Morgan fingerprint density at radius 2 is 1.82 bits per heavy atom. The molecule has 1 fully saturated rings. The summed E-state index contributed by atoms with van der Waals surface area (Å²) in [4.78, 5) is 12.0. The minimum absolute atomic E-state index is 0.0776. The van der Waals surface area contributed by atoms with Gasteiger partial charge in [0, 0.05) is 12.1 Å². The molecular formula is C14H28N2O. The zero-order chi connectivity index (χ0) is 12.8. The summed E-state index contributed by atoms with van der Waals surface area (Å²) in [6, 6.07) is 0.711. The van der Waals surface area contributed by atoms with Crippen molar-refractivity contribution in [2.24, 2.45) is 5.92 Å². The van der Waals surface area contributed by atoms with Crippen molar-refractivity contribution in [3.05, 3.63) is 0 Å². The van der Waals surface area contributed by atoms with Crippen molar-refractivity contribution in [3.63, 3.8) is 0 Å². The molecule has 1 saturated carbocycles. The molecule has 1 aliphatic carbocycles. The number of rotatable bonds is 7. The number of hydrogen-bond acceptors (Lipinski definition) is 2. The van der Waals surface area contributed by atoms with E-state index in [1.165, 1.54) is 19.3 Å². The molecule has 3 heteroatoms. The lowest BCUT2D eigenvalue weighted by Gasteiger charge is -2.33. The van der Waals surface area contributed by atoms with Gasteiger partial charge in [0.2, 0.25) is 5.91 Å². The Balaban J connectivity index is 2.30. The largest absolute Gasteiger partial charge is 0.352 e. The molecule has 0 aliphatic heterocycles. The third kappa shape index (κ3) is 4.30. The number of carbonyl (C=O) groups is 1. The lowest BCUT2D eigenvalue weighted by molar-refractivity contribution is -0.123. The van der Waals surface area contributed by atoms with Crippen LogP contribution in [0.25, 0.3) is 0 Å². The Morgan fingerprint density at radius 3 is 2.24 bits per heavy atom. The molecule has 100 valence electrons. The van der Waals surface area contributed by atoms with Crippen LogP contribution >= 0.6 is 0 Å². The minimum Gasteiger partial charge on any atom is -0.352 e. The van der Waals surface area contributed by atoms with Gasteiger partial charge < -0.3 is 10.6 Å². The van der Waals surface area contributed by atoms with E-state index in [1.807, 2.05) is 6.92 Å². The fraction of sp³-hybridized carbons (Fsp3) is 0.929. The Morgan fingerprint density at radius 1 is 1.24 bits per heavy atom. The highest BCUT2D eigenvalue weighted by Crippen LogP contribution is 2.29. The first kappa shape index (κ1) is 14.5. The Labute approximate surface area is 106 Å². The van der Waals surface area contributed by atoms with Crippen LogP contribution in [0.3, 0.4) is 0 Å². The summed E-state index contributed by atoms with van der Waals surface area (Å²) in [6.45, 7) is 8.39. The van der Waals surface area contributed by atoms with Crippen LogP contribution in [0.4, 0.5) is 0 Å². The summed E-state index contributed by atoms with van der Waals surface area (Å²) in [5.41, 5.74) is 0. The predicted octanol–water partition coefficient (Wildman–Crippen LogP) is 2.46. The van der Waals surface area contributed by atoms with Gasteiger partial charge in [-0.05, 0) is 45.4 Å². The van der Waals surface area contributed by atoms with Crippen LogP contribution in [0.15, 0.2) is 0 Å². The molecule has 1 amide bonds. The lowest BCUT2D eigenvalue weighted by Crippen LogP contribution is -2.50. The first-order valence-electron chi connectivity index (χ1n) is 7.14.